The van der Waals surface area contributed by atoms with Crippen LogP contribution in [0.3, 0.4) is 0 Å². The van der Waals surface area contributed by atoms with Crippen molar-refractivity contribution < 1.29 is 14.3 Å². The highest BCUT2D eigenvalue weighted by Crippen LogP contribution is 2.38. The van der Waals surface area contributed by atoms with Gasteiger partial charge in [-0.25, -0.2) is 0 Å². The molecular formula is C12H21NO3S. The number of methoxy groups -OCH3 is 1. The summed E-state index contributed by atoms with van der Waals surface area (Å²) >= 11 is 1.99. The Morgan fingerprint density at radius 1 is 1.65 bits per heavy atom. The monoisotopic (exact) mass is 259 g/mol. The molecule has 0 aliphatic carbocycles. The maximum Gasteiger partial charge on any atom is 0.306 e. The summed E-state index contributed by atoms with van der Waals surface area (Å²) in [5, 5.41) is 3.45. The highest BCUT2D eigenvalue weighted by molar-refractivity contribution is 7.99. The maximum absolute atomic E-state index is 11.0. The molecule has 2 saturated heterocycles. The van der Waals surface area contributed by atoms with Crippen molar-refractivity contribution in [1.82, 2.24) is 5.32 Å². The predicted octanol–water partition coefficient (Wildman–Crippen LogP) is 1.19. The number of hydrogen-bond acceptors (Lipinski definition) is 5. The van der Waals surface area contributed by atoms with Gasteiger partial charge in [-0.1, -0.05) is 0 Å². The van der Waals surface area contributed by atoms with Gasteiger partial charge in [0.25, 0.3) is 0 Å². The first-order valence-corrected chi connectivity index (χ1v) is 7.41. The van der Waals surface area contributed by atoms with Crippen molar-refractivity contribution in [3.63, 3.8) is 0 Å². The van der Waals surface area contributed by atoms with Crippen LogP contribution in [-0.4, -0.2) is 49.4 Å². The van der Waals surface area contributed by atoms with E-state index < -0.39 is 0 Å². The highest BCUT2D eigenvalue weighted by Gasteiger charge is 2.40. The average Bonchev–Trinajstić information content (AvgIpc) is 2.77. The first-order chi connectivity index (χ1) is 8.24. The molecule has 2 aliphatic heterocycles. The number of thioether (sulfide) groups is 1. The molecule has 98 valence electrons. The lowest BCUT2D eigenvalue weighted by Crippen LogP contribution is -2.47. The van der Waals surface area contributed by atoms with Crippen LogP contribution in [-0.2, 0) is 14.3 Å². The first kappa shape index (κ1) is 13.2. The van der Waals surface area contributed by atoms with E-state index in [0.717, 1.165) is 25.2 Å². The maximum atomic E-state index is 11.0. The molecule has 2 unspecified atom stereocenters. The van der Waals surface area contributed by atoms with Crippen LogP contribution in [0.5, 0.6) is 0 Å². The number of rotatable bonds is 4. The van der Waals surface area contributed by atoms with Crippen LogP contribution in [0.4, 0.5) is 0 Å². The van der Waals surface area contributed by atoms with Crippen molar-refractivity contribution >= 4 is 17.7 Å². The summed E-state index contributed by atoms with van der Waals surface area (Å²) in [6.07, 6.45) is 3.76. The topological polar surface area (TPSA) is 47.6 Å². The van der Waals surface area contributed by atoms with Gasteiger partial charge >= 0.3 is 5.97 Å². The van der Waals surface area contributed by atoms with Crippen molar-refractivity contribution in [2.75, 3.05) is 31.8 Å². The molecule has 2 rings (SSSR count). The third kappa shape index (κ3) is 3.60. The van der Waals surface area contributed by atoms with Gasteiger partial charge in [-0.15, -0.1) is 0 Å². The van der Waals surface area contributed by atoms with Gasteiger partial charge in [0.15, 0.2) is 0 Å². The van der Waals surface area contributed by atoms with E-state index in [9.17, 15) is 4.79 Å². The summed E-state index contributed by atoms with van der Waals surface area (Å²) in [6.45, 7) is 1.55. The van der Waals surface area contributed by atoms with Gasteiger partial charge in [0, 0.05) is 24.9 Å². The molecule has 0 saturated carbocycles. The number of hydrogen-bond donors (Lipinski definition) is 1. The smallest absolute Gasteiger partial charge is 0.306 e. The van der Waals surface area contributed by atoms with E-state index in [1.54, 1.807) is 0 Å². The molecule has 1 N–H and O–H groups in total. The number of esters is 1. The van der Waals surface area contributed by atoms with E-state index in [4.69, 9.17) is 4.74 Å². The van der Waals surface area contributed by atoms with Gasteiger partial charge in [-0.05, 0) is 25.0 Å². The third-order valence-electron chi connectivity index (χ3n) is 3.55. The molecule has 0 radical (unpaired) electrons. The third-order valence-corrected chi connectivity index (χ3v) is 4.77. The Balaban J connectivity index is 1.72. The fraction of sp³-hybridized carbons (Fsp3) is 0.917. The molecule has 0 aromatic heterocycles. The second kappa shape index (κ2) is 6.07. The molecule has 2 atom stereocenters. The lowest BCUT2D eigenvalue weighted by molar-refractivity contribution is -0.140. The molecular weight excluding hydrogens is 238 g/mol. The second-order valence-electron chi connectivity index (χ2n) is 4.80. The highest BCUT2D eigenvalue weighted by atomic mass is 32.2. The van der Waals surface area contributed by atoms with Crippen molar-refractivity contribution in [3.05, 3.63) is 0 Å². The van der Waals surface area contributed by atoms with Crippen LogP contribution in [0.25, 0.3) is 0 Å². The molecule has 1 spiro atoms. The van der Waals surface area contributed by atoms with E-state index in [2.05, 4.69) is 10.1 Å². The van der Waals surface area contributed by atoms with Crippen LogP contribution in [0.1, 0.15) is 25.7 Å². The Bertz CT molecular complexity index is 266. The van der Waals surface area contributed by atoms with Crippen molar-refractivity contribution in [2.45, 2.75) is 37.3 Å². The summed E-state index contributed by atoms with van der Waals surface area (Å²) in [6, 6.07) is 0.493. The lowest BCUT2D eigenvalue weighted by atomic mass is 9.90. The average molecular weight is 259 g/mol. The summed E-state index contributed by atoms with van der Waals surface area (Å²) in [5.74, 6) is 2.20. The van der Waals surface area contributed by atoms with Crippen LogP contribution < -0.4 is 5.32 Å². The van der Waals surface area contributed by atoms with Crippen LogP contribution in [0.2, 0.25) is 0 Å². The van der Waals surface area contributed by atoms with Crippen LogP contribution >= 0.6 is 11.8 Å². The van der Waals surface area contributed by atoms with Gasteiger partial charge in [0.05, 0.1) is 19.1 Å². The number of carbonyl (C=O) groups excluding carboxylic acids is 1. The predicted molar refractivity (Wildman–Crippen MR) is 68.3 cm³/mol. The largest absolute Gasteiger partial charge is 0.469 e. The molecule has 2 fully saturated rings. The van der Waals surface area contributed by atoms with E-state index in [0.29, 0.717) is 19.0 Å². The van der Waals surface area contributed by atoms with Gasteiger partial charge in [-0.2, -0.15) is 11.8 Å². The summed E-state index contributed by atoms with van der Waals surface area (Å²) < 4.78 is 10.6. The van der Waals surface area contributed by atoms with Crippen LogP contribution in [0.15, 0.2) is 0 Å². The normalized spacial score (nSPS) is 32.9. The number of carbonyl (C=O) groups is 1. The lowest BCUT2D eigenvalue weighted by Gasteiger charge is -2.38. The first-order valence-electron chi connectivity index (χ1n) is 6.26. The molecule has 2 heterocycles. The molecule has 4 nitrogen and oxygen atoms in total. The van der Waals surface area contributed by atoms with Gasteiger partial charge in [-0.3, -0.25) is 4.79 Å². The molecule has 17 heavy (non-hydrogen) atoms. The van der Waals surface area contributed by atoms with Crippen LogP contribution in [0, 0.1) is 0 Å². The Hall–Kier alpha value is -0.260. The fourth-order valence-electron chi connectivity index (χ4n) is 2.55. The molecule has 2 aliphatic rings. The quantitative estimate of drug-likeness (QED) is 0.769. The molecule has 0 amide bonds. The van der Waals surface area contributed by atoms with E-state index >= 15 is 0 Å². The Kier molecular flexibility index (Phi) is 4.70. The summed E-state index contributed by atoms with van der Waals surface area (Å²) in [4.78, 5) is 11.0. The van der Waals surface area contributed by atoms with Crippen molar-refractivity contribution in [1.29, 1.82) is 0 Å². The summed E-state index contributed by atoms with van der Waals surface area (Å²) in [7, 11) is 1.43. The SMILES string of the molecule is COC(=O)CCNC1CCOC2(CCSC2)C1. The van der Waals surface area contributed by atoms with Gasteiger partial charge in [0.2, 0.25) is 0 Å². The second-order valence-corrected chi connectivity index (χ2v) is 5.91. The summed E-state index contributed by atoms with van der Waals surface area (Å²) in [5.41, 5.74) is 0.117. The van der Waals surface area contributed by atoms with E-state index in [-0.39, 0.29) is 11.6 Å². The van der Waals surface area contributed by atoms with Crippen molar-refractivity contribution in [2.24, 2.45) is 0 Å². The zero-order chi connectivity index (χ0) is 12.1. The molecule has 0 aromatic carbocycles. The van der Waals surface area contributed by atoms with Crippen molar-refractivity contribution in [3.8, 4) is 0 Å². The molecule has 5 heteroatoms. The Morgan fingerprint density at radius 2 is 2.53 bits per heavy atom. The standard InChI is InChI=1S/C12H21NO3S/c1-15-11(14)2-5-13-10-3-6-16-12(8-10)4-7-17-9-12/h10,13H,2-9H2,1H3. The molecule has 0 aromatic rings. The minimum atomic E-state index is -0.143. The van der Waals surface area contributed by atoms with Gasteiger partial charge < -0.3 is 14.8 Å². The number of ether oxygens (including phenoxy) is 2. The minimum Gasteiger partial charge on any atom is -0.469 e. The fourth-order valence-corrected chi connectivity index (χ4v) is 3.92. The minimum absolute atomic E-state index is 0.117. The van der Waals surface area contributed by atoms with Gasteiger partial charge in [0.1, 0.15) is 0 Å². The zero-order valence-electron chi connectivity index (χ0n) is 10.4. The zero-order valence-corrected chi connectivity index (χ0v) is 11.2. The number of nitrogens with one attached hydrogen (secondary N) is 1. The Morgan fingerprint density at radius 3 is 3.24 bits per heavy atom. The van der Waals surface area contributed by atoms with E-state index in [1.807, 2.05) is 11.8 Å². The molecule has 0 bridgehead atoms. The Labute approximate surface area is 107 Å². The van der Waals surface area contributed by atoms with E-state index in [1.165, 1.54) is 19.3 Å².